The first-order valence-corrected chi connectivity index (χ1v) is 10.3. The number of benzene rings is 2. The van der Waals surface area contributed by atoms with Crippen molar-refractivity contribution in [2.45, 2.75) is 12.5 Å². The van der Waals surface area contributed by atoms with Gasteiger partial charge in [0.2, 0.25) is 5.91 Å². The molecular formula is C22H18BrFN4O3. The Kier molecular flexibility index (Phi) is 5.69. The van der Waals surface area contributed by atoms with Gasteiger partial charge in [-0.2, -0.15) is 0 Å². The van der Waals surface area contributed by atoms with Gasteiger partial charge in [-0.1, -0.05) is 28.1 Å². The lowest BCUT2D eigenvalue weighted by molar-refractivity contribution is -0.121. The van der Waals surface area contributed by atoms with E-state index in [1.165, 1.54) is 12.1 Å². The molecule has 0 radical (unpaired) electrons. The van der Waals surface area contributed by atoms with E-state index in [-0.39, 0.29) is 13.0 Å². The summed E-state index contributed by atoms with van der Waals surface area (Å²) in [5, 5.41) is 2.84. The van der Waals surface area contributed by atoms with Gasteiger partial charge < -0.3 is 9.88 Å². The van der Waals surface area contributed by atoms with Crippen LogP contribution in [0, 0.1) is 5.82 Å². The molecule has 7 nitrogen and oxygen atoms in total. The van der Waals surface area contributed by atoms with Crippen LogP contribution in [0.4, 0.5) is 4.39 Å². The Labute approximate surface area is 186 Å². The summed E-state index contributed by atoms with van der Waals surface area (Å²) < 4.78 is 16.2. The highest BCUT2D eigenvalue weighted by Crippen LogP contribution is 2.26. The number of imidazole rings is 1. The molecule has 9 heteroatoms. The number of carbonyl (C=O) groups excluding carboxylic acids is 3. The predicted molar refractivity (Wildman–Crippen MR) is 114 cm³/mol. The number of imide groups is 1. The minimum absolute atomic E-state index is 0.0633. The highest BCUT2D eigenvalue weighted by Gasteiger charge is 2.35. The van der Waals surface area contributed by atoms with Gasteiger partial charge in [-0.05, 0) is 35.9 Å². The summed E-state index contributed by atoms with van der Waals surface area (Å²) in [5.74, 6) is -1.14. The Hall–Kier alpha value is -3.33. The van der Waals surface area contributed by atoms with E-state index in [1.54, 1.807) is 54.3 Å². The molecule has 4 rings (SSSR count). The molecule has 1 N–H and O–H groups in total. The number of aryl methyl sites for hydroxylation is 1. The lowest BCUT2D eigenvalue weighted by Crippen LogP contribution is -2.36. The van der Waals surface area contributed by atoms with Gasteiger partial charge in [0.25, 0.3) is 11.8 Å². The first kappa shape index (κ1) is 20.9. The van der Waals surface area contributed by atoms with Crippen molar-refractivity contribution in [2.24, 2.45) is 7.05 Å². The number of nitrogens with zero attached hydrogens (tertiary/aromatic N) is 3. The fourth-order valence-corrected chi connectivity index (χ4v) is 3.91. The van der Waals surface area contributed by atoms with Gasteiger partial charge in [0.15, 0.2) is 0 Å². The molecule has 1 aliphatic heterocycles. The number of hydrogen-bond acceptors (Lipinski definition) is 4. The normalized spacial score (nSPS) is 14.0. The van der Waals surface area contributed by atoms with E-state index in [4.69, 9.17) is 0 Å². The molecule has 1 aliphatic rings. The summed E-state index contributed by atoms with van der Waals surface area (Å²) in [6, 6.07) is 10.1. The van der Waals surface area contributed by atoms with Crippen molar-refractivity contribution in [2.75, 3.05) is 6.54 Å². The molecule has 158 valence electrons. The molecule has 2 aromatic carbocycles. The van der Waals surface area contributed by atoms with Crippen molar-refractivity contribution in [1.82, 2.24) is 19.8 Å². The van der Waals surface area contributed by atoms with Gasteiger partial charge in [0, 0.05) is 36.9 Å². The van der Waals surface area contributed by atoms with Gasteiger partial charge in [-0.25, -0.2) is 9.37 Å². The molecule has 2 heterocycles. The van der Waals surface area contributed by atoms with Gasteiger partial charge in [-0.3, -0.25) is 19.3 Å². The second-order valence-electron chi connectivity index (χ2n) is 7.15. The first-order chi connectivity index (χ1) is 14.8. The molecule has 1 atom stereocenters. The minimum Gasteiger partial charge on any atom is -0.342 e. The number of carbonyl (C=O) groups is 3. The Bertz CT molecular complexity index is 1190. The molecule has 1 aromatic heterocycles. The second-order valence-corrected chi connectivity index (χ2v) is 8.07. The lowest BCUT2D eigenvalue weighted by Gasteiger charge is -2.20. The number of nitrogens with one attached hydrogen (secondary N) is 1. The predicted octanol–water partition coefficient (Wildman–Crippen LogP) is 3.21. The van der Waals surface area contributed by atoms with Crippen LogP contribution in [0.2, 0.25) is 0 Å². The quantitative estimate of drug-likeness (QED) is 0.544. The summed E-state index contributed by atoms with van der Waals surface area (Å²) in [5.41, 5.74) is 1.16. The zero-order valence-electron chi connectivity index (χ0n) is 16.5. The number of halogens is 2. The highest BCUT2D eigenvalue weighted by molar-refractivity contribution is 9.10. The van der Waals surface area contributed by atoms with E-state index in [0.717, 1.165) is 4.90 Å². The maximum atomic E-state index is 13.8. The van der Waals surface area contributed by atoms with Crippen LogP contribution in [0.25, 0.3) is 0 Å². The highest BCUT2D eigenvalue weighted by atomic mass is 79.9. The van der Waals surface area contributed by atoms with Crippen molar-refractivity contribution in [3.8, 4) is 0 Å². The van der Waals surface area contributed by atoms with Crippen LogP contribution in [0.3, 0.4) is 0 Å². The van der Waals surface area contributed by atoms with E-state index in [2.05, 4.69) is 26.2 Å². The third-order valence-corrected chi connectivity index (χ3v) is 5.59. The largest absolute Gasteiger partial charge is 0.342 e. The van der Waals surface area contributed by atoms with Gasteiger partial charge >= 0.3 is 0 Å². The van der Waals surface area contributed by atoms with Gasteiger partial charge in [0.1, 0.15) is 17.7 Å². The van der Waals surface area contributed by atoms with Crippen LogP contribution in [0.5, 0.6) is 0 Å². The van der Waals surface area contributed by atoms with E-state index in [9.17, 15) is 18.8 Å². The summed E-state index contributed by atoms with van der Waals surface area (Å²) in [7, 11) is 1.78. The lowest BCUT2D eigenvalue weighted by atomic mass is 10.1. The van der Waals surface area contributed by atoms with E-state index >= 15 is 0 Å². The number of aromatic nitrogens is 2. The Morgan fingerprint density at radius 2 is 1.94 bits per heavy atom. The van der Waals surface area contributed by atoms with Crippen LogP contribution in [-0.2, 0) is 11.8 Å². The topological polar surface area (TPSA) is 84.3 Å². The van der Waals surface area contributed by atoms with Crippen LogP contribution < -0.4 is 5.32 Å². The second kappa shape index (κ2) is 8.43. The van der Waals surface area contributed by atoms with Crippen molar-refractivity contribution < 1.29 is 18.8 Å². The molecule has 31 heavy (non-hydrogen) atoms. The summed E-state index contributed by atoms with van der Waals surface area (Å²) in [6.07, 6.45) is 3.22. The standard InChI is InChI=1S/C22H18BrFN4O3/c1-27-10-8-25-20(27)19(13-3-2-4-15(24)11-13)26-18(29)7-9-28-21(30)16-6-5-14(23)12-17(16)22(28)31/h2-6,8,10-12,19H,7,9H2,1H3,(H,26,29)/t19-/m1/s1. The molecule has 3 aromatic rings. The summed E-state index contributed by atoms with van der Waals surface area (Å²) >= 11 is 3.29. The molecule has 0 bridgehead atoms. The van der Waals surface area contributed by atoms with Crippen LogP contribution >= 0.6 is 15.9 Å². The molecule has 0 spiro atoms. The average Bonchev–Trinajstić information content (AvgIpc) is 3.26. The van der Waals surface area contributed by atoms with Crippen molar-refractivity contribution in [1.29, 1.82) is 0 Å². The Balaban J connectivity index is 1.49. The van der Waals surface area contributed by atoms with Crippen molar-refractivity contribution in [3.05, 3.63) is 87.7 Å². The molecule has 0 saturated heterocycles. The zero-order chi connectivity index (χ0) is 22.1. The number of hydrogen-bond donors (Lipinski definition) is 1. The summed E-state index contributed by atoms with van der Waals surface area (Å²) in [6.45, 7) is -0.0633. The Morgan fingerprint density at radius 1 is 1.16 bits per heavy atom. The number of rotatable bonds is 6. The van der Waals surface area contributed by atoms with E-state index in [1.807, 2.05) is 0 Å². The van der Waals surface area contributed by atoms with Gasteiger partial charge in [-0.15, -0.1) is 0 Å². The SMILES string of the molecule is Cn1ccnc1[C@H](NC(=O)CCN1C(=O)c2ccc(Br)cc2C1=O)c1cccc(F)c1. The molecule has 0 aliphatic carbocycles. The number of fused-ring (bicyclic) bond motifs is 1. The first-order valence-electron chi connectivity index (χ1n) is 9.53. The molecule has 3 amide bonds. The average molecular weight is 485 g/mol. The fourth-order valence-electron chi connectivity index (χ4n) is 3.55. The van der Waals surface area contributed by atoms with Crippen molar-refractivity contribution in [3.63, 3.8) is 0 Å². The van der Waals surface area contributed by atoms with Crippen LogP contribution in [0.1, 0.15) is 44.6 Å². The smallest absolute Gasteiger partial charge is 0.261 e. The molecular weight excluding hydrogens is 467 g/mol. The number of amides is 3. The minimum atomic E-state index is -0.679. The fraction of sp³-hybridized carbons (Fsp3) is 0.182. The van der Waals surface area contributed by atoms with Gasteiger partial charge in [0.05, 0.1) is 11.1 Å². The van der Waals surface area contributed by atoms with E-state index < -0.39 is 29.6 Å². The Morgan fingerprint density at radius 3 is 2.65 bits per heavy atom. The maximum absolute atomic E-state index is 13.8. The molecule has 0 unspecified atom stereocenters. The molecule has 0 saturated carbocycles. The van der Waals surface area contributed by atoms with Crippen LogP contribution in [-0.4, -0.2) is 38.7 Å². The third kappa shape index (κ3) is 4.13. The zero-order valence-corrected chi connectivity index (χ0v) is 18.1. The maximum Gasteiger partial charge on any atom is 0.261 e. The van der Waals surface area contributed by atoms with Crippen molar-refractivity contribution >= 4 is 33.7 Å². The van der Waals surface area contributed by atoms with E-state index in [0.29, 0.717) is 27.0 Å². The summed E-state index contributed by atoms with van der Waals surface area (Å²) in [4.78, 5) is 43.2. The molecule has 0 fully saturated rings. The monoisotopic (exact) mass is 484 g/mol. The van der Waals surface area contributed by atoms with Crippen LogP contribution in [0.15, 0.2) is 59.3 Å². The third-order valence-electron chi connectivity index (χ3n) is 5.10.